The monoisotopic (exact) mass is 301 g/mol. The number of carboxylic acids is 1. The molecule has 6 heteroatoms. The van der Waals surface area contributed by atoms with Crippen LogP contribution < -0.4 is 5.32 Å². The maximum atomic E-state index is 11.9. The fourth-order valence-electron chi connectivity index (χ4n) is 2.11. The van der Waals surface area contributed by atoms with Gasteiger partial charge in [-0.25, -0.2) is 0 Å². The summed E-state index contributed by atoms with van der Waals surface area (Å²) < 4.78 is 1.90. The summed E-state index contributed by atoms with van der Waals surface area (Å²) in [4.78, 5) is 22.6. The zero-order valence-electron chi connectivity index (χ0n) is 12.8. The first kappa shape index (κ1) is 15.8. The fraction of sp³-hybridized carbons (Fsp3) is 0.312. The smallest absolute Gasteiger partial charge is 0.325 e. The molecule has 1 atom stereocenters. The lowest BCUT2D eigenvalue weighted by Crippen LogP contribution is -2.38. The van der Waals surface area contributed by atoms with Crippen LogP contribution in [0.5, 0.6) is 0 Å². The number of benzene rings is 1. The zero-order chi connectivity index (χ0) is 16.3. The summed E-state index contributed by atoms with van der Waals surface area (Å²) in [6.07, 6.45) is 0. The molecular formula is C16H19N3O3. The number of nitrogens with one attached hydrogen (secondary N) is 1. The Labute approximate surface area is 128 Å². The lowest BCUT2D eigenvalue weighted by atomic mass is 10.1. The molecule has 0 spiro atoms. The van der Waals surface area contributed by atoms with E-state index in [-0.39, 0.29) is 0 Å². The average molecular weight is 301 g/mol. The number of aryl methyl sites for hydroxylation is 2. The molecule has 0 aliphatic carbocycles. The van der Waals surface area contributed by atoms with E-state index in [0.717, 1.165) is 17.0 Å². The second-order valence-electron chi connectivity index (χ2n) is 5.32. The molecule has 6 nitrogen and oxygen atoms in total. The van der Waals surface area contributed by atoms with Crippen LogP contribution in [0.1, 0.15) is 34.2 Å². The van der Waals surface area contributed by atoms with Gasteiger partial charge in [0, 0.05) is 11.3 Å². The lowest BCUT2D eigenvalue weighted by molar-refractivity contribution is -0.138. The molecule has 22 heavy (non-hydrogen) atoms. The minimum absolute atomic E-state index is 0.396. The first-order valence-electron chi connectivity index (χ1n) is 7.00. The topological polar surface area (TPSA) is 84.2 Å². The van der Waals surface area contributed by atoms with Crippen LogP contribution in [-0.4, -0.2) is 32.8 Å². The van der Waals surface area contributed by atoms with Crippen molar-refractivity contribution in [3.8, 4) is 0 Å². The average Bonchev–Trinajstić information content (AvgIpc) is 2.77. The van der Waals surface area contributed by atoms with Crippen LogP contribution in [0.2, 0.25) is 0 Å². The lowest BCUT2D eigenvalue weighted by Gasteiger charge is -2.10. The van der Waals surface area contributed by atoms with Gasteiger partial charge in [-0.1, -0.05) is 12.1 Å². The van der Waals surface area contributed by atoms with E-state index in [0.29, 0.717) is 12.1 Å². The maximum Gasteiger partial charge on any atom is 0.325 e. The van der Waals surface area contributed by atoms with Crippen LogP contribution in [0.4, 0.5) is 0 Å². The van der Waals surface area contributed by atoms with E-state index in [4.69, 9.17) is 5.11 Å². The predicted octanol–water partition coefficient (Wildman–Crippen LogP) is 1.75. The van der Waals surface area contributed by atoms with Crippen molar-refractivity contribution in [1.29, 1.82) is 0 Å². The Morgan fingerprint density at radius 1 is 1.27 bits per heavy atom. The Bertz CT molecular complexity index is 689. The molecule has 1 amide bonds. The fourth-order valence-corrected chi connectivity index (χ4v) is 2.11. The minimum Gasteiger partial charge on any atom is -0.480 e. The van der Waals surface area contributed by atoms with E-state index in [9.17, 15) is 9.59 Å². The normalized spacial score (nSPS) is 12.0. The van der Waals surface area contributed by atoms with Gasteiger partial charge in [0.15, 0.2) is 0 Å². The summed E-state index contributed by atoms with van der Waals surface area (Å²) in [5, 5.41) is 15.6. The van der Waals surface area contributed by atoms with Crippen molar-refractivity contribution in [2.75, 3.05) is 0 Å². The van der Waals surface area contributed by atoms with E-state index in [1.165, 1.54) is 6.92 Å². The standard InChI is InChI=1S/C16H19N3O3/c1-10-8-11(2)19(18-10)9-13-4-6-14(7-5-13)15(20)17-12(3)16(21)22/h4-8,12H,9H2,1-3H3,(H,17,20)(H,21,22)/t12-/m0/s1. The van der Waals surface area contributed by atoms with Crippen molar-refractivity contribution in [2.24, 2.45) is 0 Å². The number of amides is 1. The minimum atomic E-state index is -1.06. The number of rotatable bonds is 5. The van der Waals surface area contributed by atoms with Gasteiger partial charge in [-0.05, 0) is 44.5 Å². The number of nitrogens with zero attached hydrogens (tertiary/aromatic N) is 2. The Kier molecular flexibility index (Phi) is 4.60. The van der Waals surface area contributed by atoms with Crippen molar-refractivity contribution in [3.05, 3.63) is 52.8 Å². The van der Waals surface area contributed by atoms with Crippen LogP contribution in [0.15, 0.2) is 30.3 Å². The Hall–Kier alpha value is -2.63. The molecule has 0 aliphatic rings. The Morgan fingerprint density at radius 3 is 2.41 bits per heavy atom. The summed E-state index contributed by atoms with van der Waals surface area (Å²) in [5.41, 5.74) is 3.50. The number of hydrogen-bond donors (Lipinski definition) is 2. The van der Waals surface area contributed by atoms with Crippen molar-refractivity contribution in [3.63, 3.8) is 0 Å². The summed E-state index contributed by atoms with van der Waals surface area (Å²) >= 11 is 0. The zero-order valence-corrected chi connectivity index (χ0v) is 12.8. The second kappa shape index (κ2) is 6.43. The van der Waals surface area contributed by atoms with Crippen molar-refractivity contribution >= 4 is 11.9 Å². The molecule has 1 aromatic heterocycles. The number of aromatic nitrogens is 2. The number of hydrogen-bond acceptors (Lipinski definition) is 3. The number of carbonyl (C=O) groups excluding carboxylic acids is 1. The molecule has 0 bridgehead atoms. The van der Waals surface area contributed by atoms with E-state index in [1.807, 2.05) is 36.7 Å². The molecule has 0 aliphatic heterocycles. The number of aliphatic carboxylic acids is 1. The third-order valence-corrected chi connectivity index (χ3v) is 3.37. The quantitative estimate of drug-likeness (QED) is 0.881. The maximum absolute atomic E-state index is 11.9. The predicted molar refractivity (Wildman–Crippen MR) is 81.8 cm³/mol. The Morgan fingerprint density at radius 2 is 1.91 bits per heavy atom. The third kappa shape index (κ3) is 3.72. The van der Waals surface area contributed by atoms with Gasteiger partial charge in [0.25, 0.3) is 5.91 Å². The van der Waals surface area contributed by atoms with Gasteiger partial charge in [0.1, 0.15) is 6.04 Å². The third-order valence-electron chi connectivity index (χ3n) is 3.37. The first-order valence-corrected chi connectivity index (χ1v) is 7.00. The molecular weight excluding hydrogens is 282 g/mol. The molecule has 0 fully saturated rings. The van der Waals surface area contributed by atoms with Crippen molar-refractivity contribution < 1.29 is 14.7 Å². The van der Waals surface area contributed by atoms with E-state index < -0.39 is 17.9 Å². The molecule has 1 heterocycles. The van der Waals surface area contributed by atoms with Gasteiger partial charge in [0.05, 0.1) is 12.2 Å². The number of carbonyl (C=O) groups is 2. The van der Waals surface area contributed by atoms with Gasteiger partial charge >= 0.3 is 5.97 Å². The largest absolute Gasteiger partial charge is 0.480 e. The van der Waals surface area contributed by atoms with E-state index in [2.05, 4.69) is 10.4 Å². The highest BCUT2D eigenvalue weighted by Crippen LogP contribution is 2.09. The molecule has 2 N–H and O–H groups in total. The highest BCUT2D eigenvalue weighted by molar-refractivity contribution is 5.96. The van der Waals surface area contributed by atoms with Crippen molar-refractivity contribution in [1.82, 2.24) is 15.1 Å². The Balaban J connectivity index is 2.05. The van der Waals surface area contributed by atoms with Gasteiger partial charge in [-0.15, -0.1) is 0 Å². The van der Waals surface area contributed by atoms with Gasteiger partial charge in [0.2, 0.25) is 0 Å². The van der Waals surface area contributed by atoms with Crippen LogP contribution in [0.3, 0.4) is 0 Å². The summed E-state index contributed by atoms with van der Waals surface area (Å²) in [7, 11) is 0. The second-order valence-corrected chi connectivity index (χ2v) is 5.32. The molecule has 116 valence electrons. The molecule has 0 unspecified atom stereocenters. The van der Waals surface area contributed by atoms with Gasteiger partial charge < -0.3 is 10.4 Å². The highest BCUT2D eigenvalue weighted by Gasteiger charge is 2.15. The van der Waals surface area contributed by atoms with Crippen LogP contribution in [0, 0.1) is 13.8 Å². The van der Waals surface area contributed by atoms with Gasteiger partial charge in [-0.2, -0.15) is 5.10 Å². The summed E-state index contributed by atoms with van der Waals surface area (Å²) in [6, 6.07) is 8.15. The van der Waals surface area contributed by atoms with Crippen LogP contribution in [-0.2, 0) is 11.3 Å². The highest BCUT2D eigenvalue weighted by atomic mass is 16.4. The molecule has 0 radical (unpaired) electrons. The molecule has 2 aromatic rings. The van der Waals surface area contributed by atoms with Crippen molar-refractivity contribution in [2.45, 2.75) is 33.4 Å². The SMILES string of the molecule is Cc1cc(C)n(Cc2ccc(C(=O)N[C@@H](C)C(=O)O)cc2)n1. The first-order chi connectivity index (χ1) is 10.4. The summed E-state index contributed by atoms with van der Waals surface area (Å²) in [6.45, 7) is 6.00. The van der Waals surface area contributed by atoms with Gasteiger partial charge in [-0.3, -0.25) is 14.3 Å². The molecule has 0 saturated heterocycles. The molecule has 0 saturated carbocycles. The molecule has 1 aromatic carbocycles. The number of carboxylic acid groups (broad SMARTS) is 1. The van der Waals surface area contributed by atoms with E-state index >= 15 is 0 Å². The van der Waals surface area contributed by atoms with Crippen LogP contribution in [0.25, 0.3) is 0 Å². The summed E-state index contributed by atoms with van der Waals surface area (Å²) in [5.74, 6) is -1.46. The van der Waals surface area contributed by atoms with E-state index in [1.54, 1.807) is 12.1 Å². The van der Waals surface area contributed by atoms with Crippen LogP contribution >= 0.6 is 0 Å². The molecule has 2 rings (SSSR count).